The van der Waals surface area contributed by atoms with Crippen LogP contribution in [0, 0.1) is 0 Å². The zero-order valence-corrected chi connectivity index (χ0v) is 18.3. The Kier molecular flexibility index (Phi) is 5.58. The molecule has 1 aliphatic rings. The molecule has 4 nitrogen and oxygen atoms in total. The van der Waals surface area contributed by atoms with Crippen LogP contribution in [0.4, 0.5) is 5.69 Å². The quantitative estimate of drug-likeness (QED) is 0.487. The fourth-order valence-corrected chi connectivity index (χ4v) is 3.98. The average Bonchev–Trinajstić information content (AvgIpc) is 3.11. The van der Waals surface area contributed by atoms with Crippen molar-refractivity contribution >= 4 is 27.3 Å². The summed E-state index contributed by atoms with van der Waals surface area (Å²) in [6.07, 6.45) is -0.108. The molecule has 0 amide bonds. The van der Waals surface area contributed by atoms with Crippen molar-refractivity contribution < 1.29 is 9.47 Å². The Labute approximate surface area is 179 Å². The second-order valence-corrected chi connectivity index (χ2v) is 7.87. The van der Waals surface area contributed by atoms with Gasteiger partial charge in [0.15, 0.2) is 0 Å². The van der Waals surface area contributed by atoms with Gasteiger partial charge in [0, 0.05) is 10.2 Å². The van der Waals surface area contributed by atoms with Gasteiger partial charge in [-0.3, -0.25) is 4.99 Å². The van der Waals surface area contributed by atoms with E-state index < -0.39 is 0 Å². The van der Waals surface area contributed by atoms with Crippen LogP contribution in [-0.4, -0.2) is 26.0 Å². The lowest BCUT2D eigenvalue weighted by atomic mass is 10.0. The van der Waals surface area contributed by atoms with Crippen LogP contribution in [0.25, 0.3) is 0 Å². The average molecular weight is 451 g/mol. The number of aliphatic imine (C=N–C) groups is 1. The van der Waals surface area contributed by atoms with Crippen LogP contribution >= 0.6 is 15.9 Å². The highest BCUT2D eigenvalue weighted by molar-refractivity contribution is 9.10. The second-order valence-electron chi connectivity index (χ2n) is 6.95. The predicted molar refractivity (Wildman–Crippen MR) is 121 cm³/mol. The van der Waals surface area contributed by atoms with Crippen molar-refractivity contribution in [3.05, 3.63) is 88.4 Å². The zero-order valence-electron chi connectivity index (χ0n) is 16.7. The number of ether oxygens (including phenoxy) is 2. The lowest BCUT2D eigenvalue weighted by Gasteiger charge is -2.30. The van der Waals surface area contributed by atoms with Gasteiger partial charge in [0.05, 0.1) is 26.0 Å². The Hall–Kier alpha value is -2.79. The normalized spacial score (nSPS) is 18.5. The molecule has 0 saturated heterocycles. The zero-order chi connectivity index (χ0) is 20.4. The monoisotopic (exact) mass is 450 g/mol. The molecule has 0 saturated carbocycles. The van der Waals surface area contributed by atoms with Crippen molar-refractivity contribution in [1.29, 1.82) is 0 Å². The van der Waals surface area contributed by atoms with Gasteiger partial charge in [-0.05, 0) is 66.6 Å². The molecule has 148 valence electrons. The largest absolute Gasteiger partial charge is 0.497 e. The van der Waals surface area contributed by atoms with Gasteiger partial charge in [-0.2, -0.15) is 0 Å². The highest BCUT2D eigenvalue weighted by Gasteiger charge is 2.35. The van der Waals surface area contributed by atoms with E-state index in [1.165, 1.54) is 0 Å². The van der Waals surface area contributed by atoms with Gasteiger partial charge in [-0.15, -0.1) is 0 Å². The van der Waals surface area contributed by atoms with Crippen LogP contribution in [-0.2, 0) is 0 Å². The highest BCUT2D eigenvalue weighted by Crippen LogP contribution is 2.38. The van der Waals surface area contributed by atoms with Crippen molar-refractivity contribution in [2.75, 3.05) is 19.1 Å². The number of methoxy groups -OCH3 is 2. The van der Waals surface area contributed by atoms with Gasteiger partial charge in [0.1, 0.15) is 17.7 Å². The number of halogens is 1. The molecule has 3 aromatic rings. The SMILES string of the molecule is COc1ccc(C2N=C(c3ccc(Br)cc3)C(C)N2c2ccc(OC)cc2)cc1. The molecule has 0 N–H and O–H groups in total. The second kappa shape index (κ2) is 8.29. The fraction of sp³-hybridized carbons (Fsp3) is 0.208. The molecular weight excluding hydrogens is 428 g/mol. The van der Waals surface area contributed by atoms with E-state index in [4.69, 9.17) is 14.5 Å². The van der Waals surface area contributed by atoms with Crippen LogP contribution in [0.3, 0.4) is 0 Å². The van der Waals surface area contributed by atoms with Crippen molar-refractivity contribution in [3.8, 4) is 11.5 Å². The molecule has 29 heavy (non-hydrogen) atoms. The number of benzene rings is 3. The molecule has 0 spiro atoms. The summed E-state index contributed by atoms with van der Waals surface area (Å²) in [6.45, 7) is 2.20. The first-order valence-corrected chi connectivity index (χ1v) is 10.3. The first-order chi connectivity index (χ1) is 14.1. The first kappa shape index (κ1) is 19.5. The van der Waals surface area contributed by atoms with E-state index in [-0.39, 0.29) is 12.2 Å². The van der Waals surface area contributed by atoms with E-state index >= 15 is 0 Å². The molecule has 4 rings (SSSR count). The summed E-state index contributed by atoms with van der Waals surface area (Å²) in [5.41, 5.74) is 4.44. The fourth-order valence-electron chi connectivity index (χ4n) is 3.71. The number of rotatable bonds is 5. The Bertz CT molecular complexity index is 999. The van der Waals surface area contributed by atoms with Gasteiger partial charge in [-0.25, -0.2) is 0 Å². The van der Waals surface area contributed by atoms with Gasteiger partial charge in [0.25, 0.3) is 0 Å². The predicted octanol–water partition coefficient (Wildman–Crippen LogP) is 5.86. The van der Waals surface area contributed by atoms with Crippen molar-refractivity contribution in [2.45, 2.75) is 19.1 Å². The summed E-state index contributed by atoms with van der Waals surface area (Å²) in [5.74, 6) is 1.68. The molecule has 3 aromatic carbocycles. The molecule has 5 heteroatoms. The molecule has 0 fully saturated rings. The summed E-state index contributed by atoms with van der Waals surface area (Å²) >= 11 is 3.52. The molecule has 0 aliphatic carbocycles. The summed E-state index contributed by atoms with van der Waals surface area (Å²) < 4.78 is 11.7. The molecule has 2 atom stereocenters. The van der Waals surface area contributed by atoms with Gasteiger partial charge in [0.2, 0.25) is 0 Å². The van der Waals surface area contributed by atoms with E-state index in [1.54, 1.807) is 14.2 Å². The molecule has 1 heterocycles. The number of hydrogen-bond acceptors (Lipinski definition) is 4. The van der Waals surface area contributed by atoms with Crippen LogP contribution < -0.4 is 14.4 Å². The standard InChI is InChI=1S/C24H23BrN2O2/c1-16-23(17-4-8-19(25)9-5-17)26-24(18-6-12-21(28-2)13-7-18)27(16)20-10-14-22(29-3)15-11-20/h4-16,24H,1-3H3. The van der Waals surface area contributed by atoms with E-state index in [0.717, 1.165) is 38.5 Å². The maximum atomic E-state index is 5.33. The first-order valence-electron chi connectivity index (χ1n) is 9.50. The Balaban J connectivity index is 1.77. The topological polar surface area (TPSA) is 34.1 Å². The Morgan fingerprint density at radius 1 is 0.793 bits per heavy atom. The van der Waals surface area contributed by atoms with Crippen molar-refractivity contribution in [3.63, 3.8) is 0 Å². The molecule has 1 aliphatic heterocycles. The Morgan fingerprint density at radius 2 is 1.34 bits per heavy atom. The highest BCUT2D eigenvalue weighted by atomic mass is 79.9. The third-order valence-electron chi connectivity index (χ3n) is 5.26. The molecule has 0 radical (unpaired) electrons. The number of anilines is 1. The van der Waals surface area contributed by atoms with Crippen LogP contribution in [0.5, 0.6) is 11.5 Å². The van der Waals surface area contributed by atoms with E-state index in [1.807, 2.05) is 24.3 Å². The smallest absolute Gasteiger partial charge is 0.148 e. The third-order valence-corrected chi connectivity index (χ3v) is 5.79. The van der Waals surface area contributed by atoms with E-state index in [0.29, 0.717) is 0 Å². The summed E-state index contributed by atoms with van der Waals surface area (Å²) in [5, 5.41) is 0. The molecule has 0 bridgehead atoms. The molecular formula is C24H23BrN2O2. The summed E-state index contributed by atoms with van der Waals surface area (Å²) in [6, 6.07) is 24.8. The van der Waals surface area contributed by atoms with Crippen LogP contribution in [0.2, 0.25) is 0 Å². The summed E-state index contributed by atoms with van der Waals surface area (Å²) in [7, 11) is 3.36. The number of nitrogens with zero attached hydrogens (tertiary/aromatic N) is 2. The van der Waals surface area contributed by atoms with Gasteiger partial charge >= 0.3 is 0 Å². The van der Waals surface area contributed by atoms with E-state index in [2.05, 4.69) is 76.3 Å². The lowest BCUT2D eigenvalue weighted by molar-refractivity contribution is 0.414. The van der Waals surface area contributed by atoms with Gasteiger partial charge < -0.3 is 14.4 Å². The van der Waals surface area contributed by atoms with Crippen molar-refractivity contribution in [1.82, 2.24) is 0 Å². The van der Waals surface area contributed by atoms with E-state index in [9.17, 15) is 0 Å². The number of hydrogen-bond donors (Lipinski definition) is 0. The van der Waals surface area contributed by atoms with Crippen LogP contribution in [0.1, 0.15) is 24.2 Å². The minimum atomic E-state index is -0.108. The van der Waals surface area contributed by atoms with Crippen molar-refractivity contribution in [2.24, 2.45) is 4.99 Å². The molecule has 2 unspecified atom stereocenters. The molecule has 0 aromatic heterocycles. The minimum Gasteiger partial charge on any atom is -0.497 e. The third kappa shape index (κ3) is 3.87. The lowest BCUT2D eigenvalue weighted by Crippen LogP contribution is -2.35. The van der Waals surface area contributed by atoms with Crippen LogP contribution in [0.15, 0.2) is 82.3 Å². The minimum absolute atomic E-state index is 0.108. The van der Waals surface area contributed by atoms with Gasteiger partial charge in [-0.1, -0.05) is 40.2 Å². The Morgan fingerprint density at radius 3 is 1.90 bits per heavy atom. The maximum absolute atomic E-state index is 5.33. The maximum Gasteiger partial charge on any atom is 0.148 e. The summed E-state index contributed by atoms with van der Waals surface area (Å²) in [4.78, 5) is 7.50.